The molecule has 0 spiro atoms. The van der Waals surface area contributed by atoms with Gasteiger partial charge in [-0.25, -0.2) is 9.97 Å². The van der Waals surface area contributed by atoms with E-state index in [1.54, 1.807) is 6.20 Å². The molecule has 0 amide bonds. The Morgan fingerprint density at radius 1 is 1.19 bits per heavy atom. The van der Waals surface area contributed by atoms with Crippen molar-refractivity contribution in [2.45, 2.75) is 6.54 Å². The van der Waals surface area contributed by atoms with Crippen LogP contribution in [-0.2, 0) is 6.54 Å². The summed E-state index contributed by atoms with van der Waals surface area (Å²) in [5.41, 5.74) is 2.04. The molecular weight excluding hydrogens is 332 g/mol. The minimum Gasteiger partial charge on any atom is -0.310 e. The molecule has 0 unspecified atom stereocenters. The van der Waals surface area contributed by atoms with E-state index in [1.165, 1.54) is 26.2 Å². The number of halogens is 1. The second-order valence-electron chi connectivity index (χ2n) is 5.51. The Bertz CT molecular complexity index is 590. The molecule has 0 saturated carbocycles. The highest BCUT2D eigenvalue weighted by molar-refractivity contribution is 9.10. The van der Waals surface area contributed by atoms with Crippen LogP contribution in [0.2, 0.25) is 0 Å². The summed E-state index contributed by atoms with van der Waals surface area (Å²) in [5, 5.41) is 3.51. The maximum absolute atomic E-state index is 4.36. The van der Waals surface area contributed by atoms with Crippen LogP contribution >= 0.6 is 15.9 Å². The van der Waals surface area contributed by atoms with Crippen molar-refractivity contribution in [1.82, 2.24) is 29.5 Å². The fourth-order valence-electron chi connectivity index (χ4n) is 2.57. The minimum atomic E-state index is 0.825. The van der Waals surface area contributed by atoms with Crippen molar-refractivity contribution in [2.75, 3.05) is 46.3 Å². The van der Waals surface area contributed by atoms with Crippen molar-refractivity contribution in [3.05, 3.63) is 28.9 Å². The second kappa shape index (κ2) is 6.83. The van der Waals surface area contributed by atoms with Crippen LogP contribution in [0.15, 0.2) is 23.2 Å². The van der Waals surface area contributed by atoms with Crippen LogP contribution in [-0.4, -0.2) is 70.5 Å². The number of nitrogens with one attached hydrogen (secondary N) is 1. The zero-order valence-electron chi connectivity index (χ0n) is 12.3. The van der Waals surface area contributed by atoms with E-state index in [-0.39, 0.29) is 0 Å². The van der Waals surface area contributed by atoms with Crippen LogP contribution < -0.4 is 5.32 Å². The van der Waals surface area contributed by atoms with Crippen molar-refractivity contribution >= 4 is 21.6 Å². The summed E-state index contributed by atoms with van der Waals surface area (Å²) in [6, 6.07) is 0. The summed E-state index contributed by atoms with van der Waals surface area (Å²) >= 11 is 3.40. The molecule has 0 aromatic carbocycles. The first-order chi connectivity index (χ1) is 10.2. The van der Waals surface area contributed by atoms with Crippen molar-refractivity contribution in [2.24, 2.45) is 0 Å². The highest BCUT2D eigenvalue weighted by Crippen LogP contribution is 2.10. The smallest absolute Gasteiger partial charge is 0.155 e. The van der Waals surface area contributed by atoms with Gasteiger partial charge in [0.2, 0.25) is 0 Å². The maximum atomic E-state index is 4.36. The predicted octanol–water partition coefficient (Wildman–Crippen LogP) is 0.829. The lowest BCUT2D eigenvalue weighted by molar-refractivity contribution is 0.154. The first-order valence-corrected chi connectivity index (χ1v) is 8.11. The topological polar surface area (TPSA) is 48.7 Å². The number of fused-ring (bicyclic) bond motifs is 1. The molecule has 3 rings (SSSR count). The molecule has 2 aromatic rings. The number of hydrogen-bond donors (Lipinski definition) is 1. The van der Waals surface area contributed by atoms with Crippen molar-refractivity contribution in [3.63, 3.8) is 0 Å². The number of imidazole rings is 1. The molecule has 3 heterocycles. The molecule has 1 fully saturated rings. The molecule has 1 aliphatic heterocycles. The number of hydrogen-bond acceptors (Lipinski definition) is 5. The molecule has 1 aliphatic rings. The Labute approximate surface area is 133 Å². The summed E-state index contributed by atoms with van der Waals surface area (Å²) < 4.78 is 2.90. The number of nitrogens with zero attached hydrogens (tertiary/aromatic N) is 5. The summed E-state index contributed by atoms with van der Waals surface area (Å²) in [6.45, 7) is 7.63. The van der Waals surface area contributed by atoms with Crippen molar-refractivity contribution < 1.29 is 0 Å². The number of aromatic nitrogens is 3. The van der Waals surface area contributed by atoms with E-state index in [1.807, 2.05) is 12.4 Å². The standard InChI is InChI=1S/C14H21BrN6/c1-19-4-6-20(7-5-19)3-2-16-8-12-9-18-14-10-17-13(15)11-21(12)14/h9-11,16H,2-8H2,1H3. The van der Waals surface area contributed by atoms with Crippen LogP contribution in [0.4, 0.5) is 0 Å². The Kier molecular flexibility index (Phi) is 4.84. The van der Waals surface area contributed by atoms with Crippen LogP contribution in [0, 0.1) is 0 Å². The van der Waals surface area contributed by atoms with Crippen LogP contribution in [0.3, 0.4) is 0 Å². The zero-order chi connectivity index (χ0) is 14.7. The first-order valence-electron chi connectivity index (χ1n) is 7.31. The van der Waals surface area contributed by atoms with Gasteiger partial charge in [-0.2, -0.15) is 0 Å². The van der Waals surface area contributed by atoms with E-state index >= 15 is 0 Å². The van der Waals surface area contributed by atoms with E-state index in [0.29, 0.717) is 0 Å². The van der Waals surface area contributed by atoms with E-state index in [2.05, 4.69) is 52.5 Å². The maximum Gasteiger partial charge on any atom is 0.155 e. The summed E-state index contributed by atoms with van der Waals surface area (Å²) in [6.07, 6.45) is 5.64. The quantitative estimate of drug-likeness (QED) is 0.807. The van der Waals surface area contributed by atoms with E-state index in [4.69, 9.17) is 0 Å². The van der Waals surface area contributed by atoms with Gasteiger partial charge in [0.05, 0.1) is 18.1 Å². The highest BCUT2D eigenvalue weighted by atomic mass is 79.9. The molecule has 21 heavy (non-hydrogen) atoms. The largest absolute Gasteiger partial charge is 0.310 e. The molecule has 7 heteroatoms. The number of piperazine rings is 1. The Hall–Kier alpha value is -1.02. The fourth-order valence-corrected chi connectivity index (χ4v) is 2.88. The van der Waals surface area contributed by atoms with Gasteiger partial charge < -0.3 is 10.2 Å². The van der Waals surface area contributed by atoms with Crippen molar-refractivity contribution in [1.29, 1.82) is 0 Å². The number of likely N-dealkylation sites (N-methyl/N-ethyl adjacent to an activating group) is 1. The molecule has 0 atom stereocenters. The van der Waals surface area contributed by atoms with Gasteiger partial charge in [-0.1, -0.05) is 0 Å². The molecule has 2 aromatic heterocycles. The van der Waals surface area contributed by atoms with E-state index in [0.717, 1.165) is 35.6 Å². The van der Waals surface area contributed by atoms with Crippen LogP contribution in [0.1, 0.15) is 5.69 Å². The van der Waals surface area contributed by atoms with E-state index < -0.39 is 0 Å². The molecule has 6 nitrogen and oxygen atoms in total. The number of rotatable bonds is 5. The minimum absolute atomic E-state index is 0.825. The Morgan fingerprint density at radius 3 is 2.81 bits per heavy atom. The lowest BCUT2D eigenvalue weighted by Crippen LogP contribution is -2.46. The van der Waals surface area contributed by atoms with Gasteiger partial charge >= 0.3 is 0 Å². The summed E-state index contributed by atoms with van der Waals surface area (Å²) in [4.78, 5) is 13.4. The van der Waals surface area contributed by atoms with Gasteiger partial charge in [0.25, 0.3) is 0 Å². The molecule has 114 valence electrons. The van der Waals surface area contributed by atoms with Crippen LogP contribution in [0.25, 0.3) is 5.65 Å². The molecular formula is C14H21BrN6. The van der Waals surface area contributed by atoms with Crippen molar-refractivity contribution in [3.8, 4) is 0 Å². The SMILES string of the molecule is CN1CCN(CCNCc2cnc3cnc(Br)cn23)CC1. The molecule has 1 N–H and O–H groups in total. The molecule has 0 bridgehead atoms. The molecule has 0 aliphatic carbocycles. The Morgan fingerprint density at radius 2 is 2.00 bits per heavy atom. The zero-order valence-corrected chi connectivity index (χ0v) is 13.9. The van der Waals surface area contributed by atoms with E-state index in [9.17, 15) is 0 Å². The second-order valence-corrected chi connectivity index (χ2v) is 6.32. The predicted molar refractivity (Wildman–Crippen MR) is 86.3 cm³/mol. The summed E-state index contributed by atoms with van der Waals surface area (Å²) in [5.74, 6) is 0. The van der Waals surface area contributed by atoms with Gasteiger partial charge in [0.15, 0.2) is 5.65 Å². The third-order valence-electron chi connectivity index (χ3n) is 3.95. The first kappa shape index (κ1) is 14.9. The van der Waals surface area contributed by atoms with Gasteiger partial charge in [-0.3, -0.25) is 9.30 Å². The Balaban J connectivity index is 1.47. The third-order valence-corrected chi connectivity index (χ3v) is 4.36. The molecule has 0 radical (unpaired) electrons. The monoisotopic (exact) mass is 352 g/mol. The lowest BCUT2D eigenvalue weighted by atomic mass is 10.3. The van der Waals surface area contributed by atoms with Crippen LogP contribution in [0.5, 0.6) is 0 Å². The average molecular weight is 353 g/mol. The molecule has 1 saturated heterocycles. The van der Waals surface area contributed by atoms with Gasteiger partial charge in [0, 0.05) is 52.0 Å². The normalized spacial score (nSPS) is 17.6. The van der Waals surface area contributed by atoms with Gasteiger partial charge in [-0.05, 0) is 23.0 Å². The van der Waals surface area contributed by atoms with Gasteiger partial charge in [-0.15, -0.1) is 0 Å². The summed E-state index contributed by atoms with van der Waals surface area (Å²) in [7, 11) is 2.19. The lowest BCUT2D eigenvalue weighted by Gasteiger charge is -2.32. The fraction of sp³-hybridized carbons (Fsp3) is 0.571. The van der Waals surface area contributed by atoms with Gasteiger partial charge in [0.1, 0.15) is 4.60 Å². The average Bonchev–Trinajstić information content (AvgIpc) is 2.88. The highest BCUT2D eigenvalue weighted by Gasteiger charge is 2.12. The third kappa shape index (κ3) is 3.79.